The largest absolute Gasteiger partial charge is 0.497 e. The van der Waals surface area contributed by atoms with Crippen LogP contribution in [0.15, 0.2) is 48.5 Å². The van der Waals surface area contributed by atoms with Crippen LogP contribution in [0.25, 0.3) is 0 Å². The molecule has 0 spiro atoms. The summed E-state index contributed by atoms with van der Waals surface area (Å²) in [5.74, 6) is -0.135. The summed E-state index contributed by atoms with van der Waals surface area (Å²) in [6.45, 7) is -0.369. The van der Waals surface area contributed by atoms with E-state index in [1.54, 1.807) is 24.3 Å². The van der Waals surface area contributed by atoms with Gasteiger partial charge in [0.25, 0.3) is 17.5 Å². The van der Waals surface area contributed by atoms with Gasteiger partial charge in [-0.1, -0.05) is 0 Å². The Kier molecular flexibility index (Phi) is 7.22. The van der Waals surface area contributed by atoms with Gasteiger partial charge in [-0.2, -0.15) is 0 Å². The first-order valence-electron chi connectivity index (χ1n) is 7.80. The van der Waals surface area contributed by atoms with Gasteiger partial charge in [-0.15, -0.1) is 0 Å². The van der Waals surface area contributed by atoms with E-state index in [1.165, 1.54) is 31.4 Å². The average molecular weight is 404 g/mol. The number of amides is 2. The molecule has 0 fully saturated rings. The molecule has 146 valence electrons. The number of thiocarbonyl (C=S) groups is 1. The van der Waals surface area contributed by atoms with Crippen LogP contribution in [0.3, 0.4) is 0 Å². The SMILES string of the molecule is COc1ccc(C(=O)NNC(=S)NC(=O)COc2ccc([N+](=O)[O-])cc2)cc1. The number of methoxy groups -OCH3 is 1. The molecule has 2 aromatic carbocycles. The Morgan fingerprint density at radius 1 is 1.04 bits per heavy atom. The van der Waals surface area contributed by atoms with Gasteiger partial charge >= 0.3 is 0 Å². The van der Waals surface area contributed by atoms with Crippen LogP contribution in [0.2, 0.25) is 0 Å². The van der Waals surface area contributed by atoms with Crippen molar-refractivity contribution in [2.24, 2.45) is 0 Å². The van der Waals surface area contributed by atoms with Crippen LogP contribution in [0.4, 0.5) is 5.69 Å². The van der Waals surface area contributed by atoms with Crippen molar-refractivity contribution in [3.63, 3.8) is 0 Å². The van der Waals surface area contributed by atoms with E-state index in [0.29, 0.717) is 11.3 Å². The number of nitro benzene ring substituents is 1. The van der Waals surface area contributed by atoms with Gasteiger partial charge in [0.1, 0.15) is 11.5 Å². The maximum atomic E-state index is 12.0. The number of carbonyl (C=O) groups excluding carboxylic acids is 2. The Labute approximate surface area is 164 Å². The molecule has 0 saturated heterocycles. The standard InChI is InChI=1S/C17H16N4O6S/c1-26-13-6-2-11(3-7-13)16(23)19-20-17(28)18-15(22)10-27-14-8-4-12(5-9-14)21(24)25/h2-9H,10H2,1H3,(H,19,23)(H2,18,20,22,28). The minimum Gasteiger partial charge on any atom is -0.497 e. The molecule has 0 atom stereocenters. The van der Waals surface area contributed by atoms with Gasteiger partial charge in [0.15, 0.2) is 11.7 Å². The molecule has 0 radical (unpaired) electrons. The molecule has 0 aliphatic heterocycles. The smallest absolute Gasteiger partial charge is 0.269 e. The van der Waals surface area contributed by atoms with E-state index in [2.05, 4.69) is 16.2 Å². The number of hydrogen-bond donors (Lipinski definition) is 3. The number of carbonyl (C=O) groups is 2. The van der Waals surface area contributed by atoms with Crippen molar-refractivity contribution in [3.8, 4) is 11.5 Å². The summed E-state index contributed by atoms with van der Waals surface area (Å²) in [4.78, 5) is 33.8. The lowest BCUT2D eigenvalue weighted by Gasteiger charge is -2.11. The highest BCUT2D eigenvalue weighted by Gasteiger charge is 2.10. The van der Waals surface area contributed by atoms with E-state index in [4.69, 9.17) is 21.7 Å². The van der Waals surface area contributed by atoms with Gasteiger partial charge in [0.05, 0.1) is 12.0 Å². The van der Waals surface area contributed by atoms with Crippen molar-refractivity contribution in [3.05, 3.63) is 64.2 Å². The Balaban J connectivity index is 1.73. The van der Waals surface area contributed by atoms with Crippen LogP contribution < -0.4 is 25.6 Å². The second-order valence-electron chi connectivity index (χ2n) is 5.22. The highest BCUT2D eigenvalue weighted by Crippen LogP contribution is 2.17. The van der Waals surface area contributed by atoms with E-state index >= 15 is 0 Å². The lowest BCUT2D eigenvalue weighted by Crippen LogP contribution is -2.49. The number of hydrogen-bond acceptors (Lipinski definition) is 7. The van der Waals surface area contributed by atoms with E-state index in [9.17, 15) is 19.7 Å². The first-order chi connectivity index (χ1) is 13.4. The summed E-state index contributed by atoms with van der Waals surface area (Å²) in [6, 6.07) is 11.6. The van der Waals surface area contributed by atoms with E-state index in [1.807, 2.05) is 0 Å². The maximum Gasteiger partial charge on any atom is 0.269 e. The highest BCUT2D eigenvalue weighted by molar-refractivity contribution is 7.80. The monoisotopic (exact) mass is 404 g/mol. The number of benzene rings is 2. The van der Waals surface area contributed by atoms with Gasteiger partial charge in [-0.3, -0.25) is 35.9 Å². The van der Waals surface area contributed by atoms with Crippen molar-refractivity contribution < 1.29 is 24.0 Å². The molecule has 0 aliphatic rings. The predicted molar refractivity (Wildman–Crippen MR) is 103 cm³/mol. The molecule has 10 nitrogen and oxygen atoms in total. The summed E-state index contributed by atoms with van der Waals surface area (Å²) < 4.78 is 10.2. The molecule has 2 aromatic rings. The number of hydrazine groups is 1. The highest BCUT2D eigenvalue weighted by atomic mass is 32.1. The van der Waals surface area contributed by atoms with Crippen molar-refractivity contribution in [1.29, 1.82) is 0 Å². The molecular formula is C17H16N4O6S. The molecule has 0 unspecified atom stereocenters. The second-order valence-corrected chi connectivity index (χ2v) is 5.63. The molecule has 2 amide bonds. The van der Waals surface area contributed by atoms with Crippen LogP contribution in [-0.2, 0) is 4.79 Å². The molecule has 0 saturated carbocycles. The zero-order valence-electron chi connectivity index (χ0n) is 14.6. The third-order valence-electron chi connectivity index (χ3n) is 3.31. The van der Waals surface area contributed by atoms with Gasteiger partial charge in [0, 0.05) is 17.7 Å². The maximum absolute atomic E-state index is 12.0. The Morgan fingerprint density at radius 3 is 2.21 bits per heavy atom. The van der Waals surface area contributed by atoms with Crippen LogP contribution >= 0.6 is 12.2 Å². The lowest BCUT2D eigenvalue weighted by atomic mass is 10.2. The van der Waals surface area contributed by atoms with Crippen molar-refractivity contribution in [2.75, 3.05) is 13.7 Å². The zero-order chi connectivity index (χ0) is 20.5. The summed E-state index contributed by atoms with van der Waals surface area (Å²) >= 11 is 4.91. The number of nitrogens with zero attached hydrogens (tertiary/aromatic N) is 1. The fourth-order valence-electron chi connectivity index (χ4n) is 1.94. The van der Waals surface area contributed by atoms with E-state index < -0.39 is 16.7 Å². The van der Waals surface area contributed by atoms with Gasteiger partial charge < -0.3 is 9.47 Å². The summed E-state index contributed by atoms with van der Waals surface area (Å²) in [5, 5.41) is 12.8. The Bertz CT molecular complexity index is 870. The molecule has 0 bridgehead atoms. The third kappa shape index (κ3) is 6.21. The fraction of sp³-hybridized carbons (Fsp3) is 0.118. The molecule has 2 rings (SSSR count). The lowest BCUT2D eigenvalue weighted by molar-refractivity contribution is -0.384. The Morgan fingerprint density at radius 2 is 1.64 bits per heavy atom. The molecule has 0 aromatic heterocycles. The minimum atomic E-state index is -0.574. The first kappa shape index (κ1) is 20.6. The topological polar surface area (TPSA) is 132 Å². The minimum absolute atomic E-state index is 0.0882. The number of rotatable bonds is 6. The van der Waals surface area contributed by atoms with Crippen molar-refractivity contribution in [1.82, 2.24) is 16.2 Å². The summed E-state index contributed by atoms with van der Waals surface area (Å²) in [7, 11) is 1.52. The number of non-ortho nitro benzene ring substituents is 1. The molecule has 11 heteroatoms. The van der Waals surface area contributed by atoms with Crippen LogP contribution in [0.5, 0.6) is 11.5 Å². The Hall–Kier alpha value is -3.73. The molecule has 28 heavy (non-hydrogen) atoms. The summed E-state index contributed by atoms with van der Waals surface area (Å²) in [6.07, 6.45) is 0. The van der Waals surface area contributed by atoms with Gasteiger partial charge in [-0.05, 0) is 48.6 Å². The number of nitrogens with one attached hydrogen (secondary N) is 3. The molecule has 3 N–H and O–H groups in total. The van der Waals surface area contributed by atoms with E-state index in [-0.39, 0.29) is 23.2 Å². The van der Waals surface area contributed by atoms with E-state index in [0.717, 1.165) is 0 Å². The third-order valence-corrected chi connectivity index (χ3v) is 3.52. The van der Waals surface area contributed by atoms with Crippen LogP contribution in [0, 0.1) is 10.1 Å². The van der Waals surface area contributed by atoms with Gasteiger partial charge in [0.2, 0.25) is 0 Å². The second kappa shape index (κ2) is 9.83. The average Bonchev–Trinajstić information content (AvgIpc) is 2.70. The van der Waals surface area contributed by atoms with Crippen LogP contribution in [0.1, 0.15) is 10.4 Å². The predicted octanol–water partition coefficient (Wildman–Crippen LogP) is 1.32. The zero-order valence-corrected chi connectivity index (χ0v) is 15.4. The normalized spacial score (nSPS) is 9.75. The molecule has 0 heterocycles. The van der Waals surface area contributed by atoms with Crippen LogP contribution in [-0.4, -0.2) is 35.6 Å². The summed E-state index contributed by atoms with van der Waals surface area (Å²) in [5.41, 5.74) is 5.02. The van der Waals surface area contributed by atoms with Gasteiger partial charge in [-0.25, -0.2) is 0 Å². The van der Waals surface area contributed by atoms with Crippen molar-refractivity contribution >= 4 is 34.8 Å². The molecule has 0 aliphatic carbocycles. The fourth-order valence-corrected chi connectivity index (χ4v) is 2.10. The molecular weight excluding hydrogens is 388 g/mol. The number of nitro groups is 1. The first-order valence-corrected chi connectivity index (χ1v) is 8.21. The van der Waals surface area contributed by atoms with Crippen molar-refractivity contribution in [2.45, 2.75) is 0 Å². The quantitative estimate of drug-likeness (QED) is 0.373. The number of ether oxygens (including phenoxy) is 2.